The molecule has 0 saturated carbocycles. The largest absolute Gasteiger partial charge is 0.389 e. The minimum absolute atomic E-state index is 0.0435. The summed E-state index contributed by atoms with van der Waals surface area (Å²) in [4.78, 5) is 20.2. The number of hydrogen-bond donors (Lipinski definition) is 1. The fourth-order valence-electron chi connectivity index (χ4n) is 2.77. The summed E-state index contributed by atoms with van der Waals surface area (Å²) in [6.07, 6.45) is 1.59. The van der Waals surface area contributed by atoms with Gasteiger partial charge < -0.3 is 10.6 Å². The van der Waals surface area contributed by atoms with Crippen LogP contribution in [-0.4, -0.2) is 25.5 Å². The molecule has 28 heavy (non-hydrogen) atoms. The Morgan fingerprint density at radius 1 is 1.29 bits per heavy atom. The Hall–Kier alpha value is -3.75. The van der Waals surface area contributed by atoms with Crippen LogP contribution in [0.2, 0.25) is 0 Å². The fraction of sp³-hybridized carbons (Fsp3) is 0.211. The summed E-state index contributed by atoms with van der Waals surface area (Å²) in [7, 11) is 0. The predicted molar refractivity (Wildman–Crippen MR) is 104 cm³/mol. The summed E-state index contributed by atoms with van der Waals surface area (Å²) < 4.78 is 1.74. The van der Waals surface area contributed by atoms with E-state index in [-0.39, 0.29) is 18.1 Å². The van der Waals surface area contributed by atoms with Crippen molar-refractivity contribution in [3.8, 4) is 5.82 Å². The molecule has 2 aromatic heterocycles. The number of hydrogen-bond acceptors (Lipinski definition) is 6. The zero-order valence-electron chi connectivity index (χ0n) is 15.8. The second kappa shape index (κ2) is 7.87. The molecule has 0 aliphatic rings. The smallest absolute Gasteiger partial charge is 0.272 e. The van der Waals surface area contributed by atoms with Crippen LogP contribution in [0.4, 0.5) is 5.69 Å². The van der Waals surface area contributed by atoms with E-state index in [1.165, 1.54) is 6.07 Å². The highest BCUT2D eigenvalue weighted by Gasteiger charge is 2.13. The van der Waals surface area contributed by atoms with E-state index >= 15 is 0 Å². The lowest BCUT2D eigenvalue weighted by Gasteiger charge is -2.07. The standard InChI is InChI=1S/C19H20N6O3/c1-12-9-13(2)24(22-12)18-8-7-15(10-21-18)19(20)23-28-11-16-5-4-6-17(14(16)3)25(26)27/h4-10H,11H2,1-3H3,(H2,20,23). The maximum atomic E-state index is 11.0. The summed E-state index contributed by atoms with van der Waals surface area (Å²) in [6, 6.07) is 10.3. The average molecular weight is 380 g/mol. The molecule has 0 fully saturated rings. The van der Waals surface area contributed by atoms with Crippen LogP contribution >= 0.6 is 0 Å². The second-order valence-corrected chi connectivity index (χ2v) is 6.31. The first-order valence-corrected chi connectivity index (χ1v) is 8.55. The third-order valence-electron chi connectivity index (χ3n) is 4.27. The quantitative estimate of drug-likeness (QED) is 0.304. The van der Waals surface area contributed by atoms with Crippen molar-refractivity contribution in [2.45, 2.75) is 27.4 Å². The van der Waals surface area contributed by atoms with E-state index in [9.17, 15) is 10.1 Å². The van der Waals surface area contributed by atoms with E-state index in [0.29, 0.717) is 22.5 Å². The molecule has 9 heteroatoms. The van der Waals surface area contributed by atoms with E-state index in [2.05, 4.69) is 15.2 Å². The minimum atomic E-state index is -0.424. The summed E-state index contributed by atoms with van der Waals surface area (Å²) in [5, 5.41) is 19.3. The number of nitrogens with two attached hydrogens (primary N) is 1. The highest BCUT2D eigenvalue weighted by molar-refractivity contribution is 5.96. The Balaban J connectivity index is 1.70. The zero-order chi connectivity index (χ0) is 20.3. The van der Waals surface area contributed by atoms with Crippen molar-refractivity contribution < 1.29 is 9.76 Å². The molecule has 0 bridgehead atoms. The molecule has 0 atom stereocenters. The van der Waals surface area contributed by atoms with Crippen molar-refractivity contribution in [1.82, 2.24) is 14.8 Å². The molecule has 9 nitrogen and oxygen atoms in total. The molecule has 0 spiro atoms. The Morgan fingerprint density at radius 2 is 2.07 bits per heavy atom. The van der Waals surface area contributed by atoms with E-state index in [0.717, 1.165) is 11.4 Å². The molecule has 1 aromatic carbocycles. The first-order chi connectivity index (χ1) is 13.4. The number of oxime groups is 1. The van der Waals surface area contributed by atoms with Gasteiger partial charge in [0.05, 0.1) is 10.6 Å². The van der Waals surface area contributed by atoms with Crippen LogP contribution in [-0.2, 0) is 11.4 Å². The van der Waals surface area contributed by atoms with Crippen LogP contribution < -0.4 is 5.73 Å². The van der Waals surface area contributed by atoms with Gasteiger partial charge in [-0.2, -0.15) is 5.10 Å². The van der Waals surface area contributed by atoms with Gasteiger partial charge in [0, 0.05) is 34.6 Å². The predicted octanol–water partition coefficient (Wildman–Crippen LogP) is 2.94. The molecule has 144 valence electrons. The molecule has 0 aliphatic carbocycles. The van der Waals surface area contributed by atoms with Gasteiger partial charge in [-0.25, -0.2) is 9.67 Å². The van der Waals surface area contributed by atoms with Crippen LogP contribution in [0.1, 0.15) is 28.1 Å². The lowest BCUT2D eigenvalue weighted by Crippen LogP contribution is -2.15. The number of amidine groups is 1. The Kier molecular flexibility index (Phi) is 5.35. The molecule has 0 saturated heterocycles. The van der Waals surface area contributed by atoms with Crippen LogP contribution in [0.3, 0.4) is 0 Å². The molecule has 0 radical (unpaired) electrons. The fourth-order valence-corrected chi connectivity index (χ4v) is 2.77. The monoisotopic (exact) mass is 380 g/mol. The summed E-state index contributed by atoms with van der Waals surface area (Å²) in [5.74, 6) is 0.839. The maximum Gasteiger partial charge on any atom is 0.272 e. The van der Waals surface area contributed by atoms with E-state index < -0.39 is 4.92 Å². The molecule has 0 unspecified atom stereocenters. The number of nitro benzene ring substituents is 1. The number of nitro groups is 1. The summed E-state index contributed by atoms with van der Waals surface area (Å²) in [6.45, 7) is 5.62. The third-order valence-corrected chi connectivity index (χ3v) is 4.27. The molecule has 3 rings (SSSR count). The number of pyridine rings is 1. The maximum absolute atomic E-state index is 11.0. The van der Waals surface area contributed by atoms with Gasteiger partial charge in [-0.15, -0.1) is 0 Å². The third kappa shape index (κ3) is 3.98. The summed E-state index contributed by atoms with van der Waals surface area (Å²) >= 11 is 0. The van der Waals surface area contributed by atoms with Crippen LogP contribution in [0, 0.1) is 30.9 Å². The summed E-state index contributed by atoms with van der Waals surface area (Å²) in [5.41, 5.74) is 9.70. The number of nitrogens with zero attached hydrogens (tertiary/aromatic N) is 5. The lowest BCUT2D eigenvalue weighted by molar-refractivity contribution is -0.385. The van der Waals surface area contributed by atoms with Gasteiger partial charge in [-0.1, -0.05) is 17.3 Å². The van der Waals surface area contributed by atoms with Gasteiger partial charge in [0.2, 0.25) is 0 Å². The molecule has 2 N–H and O–H groups in total. The van der Waals surface area contributed by atoms with Crippen molar-refractivity contribution in [2.24, 2.45) is 10.9 Å². The molecular weight excluding hydrogens is 360 g/mol. The normalized spacial score (nSPS) is 11.5. The van der Waals surface area contributed by atoms with Crippen molar-refractivity contribution in [2.75, 3.05) is 0 Å². The van der Waals surface area contributed by atoms with Gasteiger partial charge in [0.1, 0.15) is 6.61 Å². The highest BCUT2D eigenvalue weighted by atomic mass is 16.6. The zero-order valence-corrected chi connectivity index (χ0v) is 15.8. The number of rotatable bonds is 6. The van der Waals surface area contributed by atoms with E-state index in [1.807, 2.05) is 19.9 Å². The van der Waals surface area contributed by atoms with Crippen LogP contribution in [0.5, 0.6) is 0 Å². The minimum Gasteiger partial charge on any atom is -0.389 e. The van der Waals surface area contributed by atoms with Gasteiger partial charge in [-0.3, -0.25) is 10.1 Å². The van der Waals surface area contributed by atoms with Crippen molar-refractivity contribution >= 4 is 11.5 Å². The first kappa shape index (κ1) is 19.0. The van der Waals surface area contributed by atoms with Gasteiger partial charge in [0.15, 0.2) is 11.7 Å². The molecular formula is C19H20N6O3. The number of aryl methyl sites for hydroxylation is 2. The lowest BCUT2D eigenvalue weighted by atomic mass is 10.1. The highest BCUT2D eigenvalue weighted by Crippen LogP contribution is 2.21. The van der Waals surface area contributed by atoms with Crippen LogP contribution in [0.25, 0.3) is 5.82 Å². The average Bonchev–Trinajstić information content (AvgIpc) is 3.01. The van der Waals surface area contributed by atoms with Crippen molar-refractivity contribution in [1.29, 1.82) is 0 Å². The number of benzene rings is 1. The van der Waals surface area contributed by atoms with Crippen LogP contribution in [0.15, 0.2) is 47.8 Å². The van der Waals surface area contributed by atoms with Crippen molar-refractivity contribution in [3.63, 3.8) is 0 Å². The van der Waals surface area contributed by atoms with Gasteiger partial charge in [-0.05, 0) is 39.0 Å². The Labute approximate surface area is 161 Å². The molecule has 0 amide bonds. The topological polar surface area (TPSA) is 121 Å². The number of aromatic nitrogens is 3. The Morgan fingerprint density at radius 3 is 2.68 bits per heavy atom. The Bertz CT molecular complexity index is 1040. The first-order valence-electron chi connectivity index (χ1n) is 8.55. The molecule has 3 aromatic rings. The van der Waals surface area contributed by atoms with E-state index in [1.54, 1.807) is 42.1 Å². The molecule has 0 aliphatic heterocycles. The van der Waals surface area contributed by atoms with E-state index in [4.69, 9.17) is 10.6 Å². The second-order valence-electron chi connectivity index (χ2n) is 6.31. The SMILES string of the molecule is Cc1cc(C)n(-c2ccc(/C(N)=N/OCc3cccc([N+](=O)[O-])c3C)cn2)n1. The van der Waals surface area contributed by atoms with Gasteiger partial charge >= 0.3 is 0 Å². The van der Waals surface area contributed by atoms with Gasteiger partial charge in [0.25, 0.3) is 5.69 Å². The van der Waals surface area contributed by atoms with Crippen molar-refractivity contribution in [3.05, 3.63) is 80.8 Å². The molecule has 2 heterocycles.